The van der Waals surface area contributed by atoms with Gasteiger partial charge in [0, 0.05) is 13.1 Å². The average molecular weight is 278 g/mol. The minimum Gasteiger partial charge on any atom is -0.311 e. The van der Waals surface area contributed by atoms with Gasteiger partial charge in [0.1, 0.15) is 0 Å². The second kappa shape index (κ2) is 6.22. The van der Waals surface area contributed by atoms with Crippen molar-refractivity contribution in [3.63, 3.8) is 0 Å². The molecule has 1 aliphatic rings. The molecule has 1 aromatic heterocycles. The molecule has 0 saturated heterocycles. The van der Waals surface area contributed by atoms with E-state index in [4.69, 9.17) is 0 Å². The minimum atomic E-state index is 0. The molecule has 3 nitrogen and oxygen atoms in total. The normalized spacial score (nSPS) is 13.7. The molecule has 0 amide bonds. The van der Waals surface area contributed by atoms with Crippen LogP contribution in [0.4, 0.5) is 0 Å². The highest BCUT2D eigenvalue weighted by Crippen LogP contribution is 2.18. The summed E-state index contributed by atoms with van der Waals surface area (Å²) < 4.78 is 2.18. The summed E-state index contributed by atoms with van der Waals surface area (Å²) in [6, 6.07) is 10.6. The number of aromatic nitrogens is 2. The van der Waals surface area contributed by atoms with E-state index in [1.54, 1.807) is 0 Å². The minimum absolute atomic E-state index is 0. The van der Waals surface area contributed by atoms with Gasteiger partial charge in [-0.3, -0.25) is 4.68 Å². The molecule has 0 saturated carbocycles. The Morgan fingerprint density at radius 3 is 2.84 bits per heavy atom. The van der Waals surface area contributed by atoms with Crippen LogP contribution in [0.15, 0.2) is 30.3 Å². The van der Waals surface area contributed by atoms with Gasteiger partial charge < -0.3 is 5.32 Å². The van der Waals surface area contributed by atoms with Gasteiger partial charge in [0.2, 0.25) is 0 Å². The van der Waals surface area contributed by atoms with Crippen molar-refractivity contribution in [1.29, 1.82) is 0 Å². The number of hydrogen-bond donors (Lipinski definition) is 1. The number of rotatable bonds is 3. The maximum atomic E-state index is 4.68. The Balaban J connectivity index is 0.00000133. The lowest BCUT2D eigenvalue weighted by atomic mass is 10.1. The monoisotopic (exact) mass is 277 g/mol. The van der Waals surface area contributed by atoms with Gasteiger partial charge in [-0.2, -0.15) is 5.10 Å². The van der Waals surface area contributed by atoms with E-state index in [0.29, 0.717) is 0 Å². The van der Waals surface area contributed by atoms with Gasteiger partial charge in [0.25, 0.3) is 0 Å². The molecule has 0 atom stereocenters. The summed E-state index contributed by atoms with van der Waals surface area (Å²) in [6.45, 7) is 5.15. The fourth-order valence-corrected chi connectivity index (χ4v) is 2.67. The van der Waals surface area contributed by atoms with Crippen molar-refractivity contribution in [1.82, 2.24) is 15.1 Å². The van der Waals surface area contributed by atoms with E-state index >= 15 is 0 Å². The second-order valence-corrected chi connectivity index (χ2v) is 4.90. The summed E-state index contributed by atoms with van der Waals surface area (Å²) in [5, 5.41) is 8.12. The summed E-state index contributed by atoms with van der Waals surface area (Å²) in [7, 11) is 0. The Kier molecular flexibility index (Phi) is 4.61. The average Bonchev–Trinajstić information content (AvgIpc) is 2.75. The van der Waals surface area contributed by atoms with E-state index in [1.807, 2.05) is 0 Å². The van der Waals surface area contributed by atoms with Crippen LogP contribution in [0.2, 0.25) is 0 Å². The molecule has 0 spiro atoms. The Morgan fingerprint density at radius 1 is 1.26 bits per heavy atom. The zero-order valence-electron chi connectivity index (χ0n) is 11.2. The molecule has 4 heteroatoms. The zero-order valence-corrected chi connectivity index (χ0v) is 12.0. The Bertz CT molecular complexity index is 534. The van der Waals surface area contributed by atoms with E-state index in [9.17, 15) is 0 Å². The Hall–Kier alpha value is -1.32. The molecule has 1 aliphatic heterocycles. The number of benzene rings is 1. The van der Waals surface area contributed by atoms with Crippen LogP contribution in [-0.4, -0.2) is 16.3 Å². The van der Waals surface area contributed by atoms with Crippen molar-refractivity contribution in [2.75, 3.05) is 6.54 Å². The summed E-state index contributed by atoms with van der Waals surface area (Å²) >= 11 is 0. The highest BCUT2D eigenvalue weighted by atomic mass is 35.5. The Morgan fingerprint density at radius 2 is 2.05 bits per heavy atom. The molecule has 2 aromatic rings. The topological polar surface area (TPSA) is 29.9 Å². The number of nitrogens with one attached hydrogen (secondary N) is 1. The third-order valence-corrected chi connectivity index (χ3v) is 3.67. The van der Waals surface area contributed by atoms with Crippen LogP contribution < -0.4 is 5.32 Å². The van der Waals surface area contributed by atoms with E-state index in [0.717, 1.165) is 32.5 Å². The summed E-state index contributed by atoms with van der Waals surface area (Å²) in [5.41, 5.74) is 5.43. The lowest BCUT2D eigenvalue weighted by Crippen LogP contribution is -2.25. The van der Waals surface area contributed by atoms with Gasteiger partial charge in [-0.05, 0) is 37.4 Å². The van der Waals surface area contributed by atoms with E-state index in [-0.39, 0.29) is 12.4 Å². The molecular weight excluding hydrogens is 258 g/mol. The molecule has 1 N–H and O–H groups in total. The number of aryl methyl sites for hydroxylation is 3. The predicted octanol–water partition coefficient (Wildman–Crippen LogP) is 2.50. The molecule has 102 valence electrons. The molecule has 0 bridgehead atoms. The summed E-state index contributed by atoms with van der Waals surface area (Å²) in [6.07, 6.45) is 2.17. The molecule has 0 aliphatic carbocycles. The third-order valence-electron chi connectivity index (χ3n) is 3.67. The molecule has 0 fully saturated rings. The SMILES string of the molecule is Cc1nn(CCc2ccccc2)c2c1CCNC2.Cl. The highest BCUT2D eigenvalue weighted by Gasteiger charge is 2.17. The quantitative estimate of drug-likeness (QED) is 0.934. The van der Waals surface area contributed by atoms with Crippen LogP contribution in [0.25, 0.3) is 0 Å². The highest BCUT2D eigenvalue weighted by molar-refractivity contribution is 5.85. The number of hydrogen-bond acceptors (Lipinski definition) is 2. The van der Waals surface area contributed by atoms with Crippen molar-refractivity contribution in [3.8, 4) is 0 Å². The number of halogens is 1. The first-order chi connectivity index (χ1) is 8.84. The van der Waals surface area contributed by atoms with Crippen LogP contribution in [0.5, 0.6) is 0 Å². The van der Waals surface area contributed by atoms with Crippen LogP contribution >= 0.6 is 12.4 Å². The molecule has 2 heterocycles. The van der Waals surface area contributed by atoms with E-state index in [1.165, 1.54) is 22.5 Å². The number of nitrogens with zero attached hydrogens (tertiary/aromatic N) is 2. The van der Waals surface area contributed by atoms with Gasteiger partial charge in [0.05, 0.1) is 11.4 Å². The van der Waals surface area contributed by atoms with Gasteiger partial charge in [-0.1, -0.05) is 30.3 Å². The number of fused-ring (bicyclic) bond motifs is 1. The van der Waals surface area contributed by atoms with Crippen molar-refractivity contribution in [2.45, 2.75) is 32.9 Å². The van der Waals surface area contributed by atoms with E-state index < -0.39 is 0 Å². The van der Waals surface area contributed by atoms with Crippen LogP contribution in [0, 0.1) is 6.92 Å². The van der Waals surface area contributed by atoms with Crippen molar-refractivity contribution >= 4 is 12.4 Å². The van der Waals surface area contributed by atoms with Crippen LogP contribution in [0.1, 0.15) is 22.5 Å². The standard InChI is InChI=1S/C15H19N3.ClH/c1-12-14-7-9-16-11-15(14)18(17-12)10-8-13-5-3-2-4-6-13;/h2-6,16H,7-11H2,1H3;1H. The zero-order chi connectivity index (χ0) is 12.4. The van der Waals surface area contributed by atoms with Crippen molar-refractivity contribution in [2.24, 2.45) is 0 Å². The first kappa shape index (κ1) is 14.1. The molecule has 0 radical (unpaired) electrons. The first-order valence-electron chi connectivity index (χ1n) is 6.64. The predicted molar refractivity (Wildman–Crippen MR) is 79.8 cm³/mol. The van der Waals surface area contributed by atoms with Crippen LogP contribution in [0.3, 0.4) is 0 Å². The van der Waals surface area contributed by atoms with Crippen LogP contribution in [-0.2, 0) is 25.9 Å². The lowest BCUT2D eigenvalue weighted by molar-refractivity contribution is 0.540. The Labute approximate surface area is 120 Å². The fraction of sp³-hybridized carbons (Fsp3) is 0.400. The largest absolute Gasteiger partial charge is 0.311 e. The lowest BCUT2D eigenvalue weighted by Gasteiger charge is -2.15. The third kappa shape index (κ3) is 2.99. The summed E-state index contributed by atoms with van der Waals surface area (Å²) in [5.74, 6) is 0. The maximum absolute atomic E-state index is 4.68. The van der Waals surface area contributed by atoms with Crippen molar-refractivity contribution < 1.29 is 0 Å². The van der Waals surface area contributed by atoms with Gasteiger partial charge in [-0.15, -0.1) is 12.4 Å². The molecule has 1 aromatic carbocycles. The van der Waals surface area contributed by atoms with Gasteiger partial charge >= 0.3 is 0 Å². The first-order valence-corrected chi connectivity index (χ1v) is 6.64. The molecule has 0 unspecified atom stereocenters. The second-order valence-electron chi connectivity index (χ2n) is 4.90. The molecule has 19 heavy (non-hydrogen) atoms. The fourth-order valence-electron chi connectivity index (χ4n) is 2.67. The van der Waals surface area contributed by atoms with E-state index in [2.05, 4.69) is 52.4 Å². The maximum Gasteiger partial charge on any atom is 0.0629 e. The van der Waals surface area contributed by atoms with Gasteiger partial charge in [0.15, 0.2) is 0 Å². The summed E-state index contributed by atoms with van der Waals surface area (Å²) in [4.78, 5) is 0. The smallest absolute Gasteiger partial charge is 0.0629 e. The van der Waals surface area contributed by atoms with Gasteiger partial charge in [-0.25, -0.2) is 0 Å². The molecule has 3 rings (SSSR count). The van der Waals surface area contributed by atoms with Crippen molar-refractivity contribution in [3.05, 3.63) is 52.8 Å². The molecular formula is C15H20ClN3.